The van der Waals surface area contributed by atoms with E-state index in [0.717, 1.165) is 12.1 Å². The van der Waals surface area contributed by atoms with Crippen molar-refractivity contribution in [3.63, 3.8) is 0 Å². The molecule has 0 spiro atoms. The van der Waals surface area contributed by atoms with Gasteiger partial charge in [-0.25, -0.2) is 9.18 Å². The lowest BCUT2D eigenvalue weighted by Crippen LogP contribution is -2.29. The molecule has 0 saturated carbocycles. The third-order valence-corrected chi connectivity index (χ3v) is 5.84. The van der Waals surface area contributed by atoms with Crippen LogP contribution in [0, 0.1) is 5.82 Å². The number of ether oxygens (including phenoxy) is 3. The van der Waals surface area contributed by atoms with Crippen LogP contribution >= 0.6 is 0 Å². The zero-order valence-electron chi connectivity index (χ0n) is 19.7. The molecule has 4 rings (SSSR count). The summed E-state index contributed by atoms with van der Waals surface area (Å²) in [5.74, 6) is -3.12. The van der Waals surface area contributed by atoms with Gasteiger partial charge in [-0.1, -0.05) is 12.1 Å². The fourth-order valence-electron chi connectivity index (χ4n) is 4.11. The second-order valence-electron chi connectivity index (χ2n) is 7.83. The van der Waals surface area contributed by atoms with E-state index in [9.17, 15) is 23.9 Å². The zero-order valence-corrected chi connectivity index (χ0v) is 19.7. The summed E-state index contributed by atoms with van der Waals surface area (Å²) < 4.78 is 29.4. The SMILES string of the molecule is COC(=O)c1ccc(N2C(=O)C(=O)/C(=C(/O)c3cc(F)ccc3OC)C2c2cccc(OC)c2)cc1. The van der Waals surface area contributed by atoms with Crippen LogP contribution in [0.5, 0.6) is 11.5 Å². The highest BCUT2D eigenvalue weighted by atomic mass is 19.1. The molecule has 1 aliphatic rings. The summed E-state index contributed by atoms with van der Waals surface area (Å²) in [6.45, 7) is 0. The third kappa shape index (κ3) is 4.26. The van der Waals surface area contributed by atoms with E-state index in [1.165, 1.54) is 56.6 Å². The van der Waals surface area contributed by atoms with Gasteiger partial charge in [0.15, 0.2) is 0 Å². The zero-order chi connectivity index (χ0) is 26.0. The lowest BCUT2D eigenvalue weighted by atomic mass is 9.94. The average molecular weight is 491 g/mol. The predicted molar refractivity (Wildman–Crippen MR) is 129 cm³/mol. The van der Waals surface area contributed by atoms with Gasteiger partial charge in [-0.3, -0.25) is 14.5 Å². The van der Waals surface area contributed by atoms with Crippen molar-refractivity contribution in [3.8, 4) is 11.5 Å². The lowest BCUT2D eigenvalue weighted by molar-refractivity contribution is -0.132. The monoisotopic (exact) mass is 491 g/mol. The Morgan fingerprint density at radius 1 is 0.944 bits per heavy atom. The van der Waals surface area contributed by atoms with E-state index in [1.807, 2.05) is 0 Å². The molecular weight excluding hydrogens is 469 g/mol. The molecule has 1 aliphatic heterocycles. The van der Waals surface area contributed by atoms with Crippen molar-refractivity contribution in [2.24, 2.45) is 0 Å². The number of amides is 1. The first kappa shape index (κ1) is 24.5. The van der Waals surface area contributed by atoms with E-state index < -0.39 is 35.3 Å². The minimum absolute atomic E-state index is 0.0792. The van der Waals surface area contributed by atoms with Gasteiger partial charge in [0.1, 0.15) is 23.1 Å². The number of benzene rings is 3. The number of hydrogen-bond acceptors (Lipinski definition) is 7. The Bertz CT molecular complexity index is 1380. The van der Waals surface area contributed by atoms with Crippen molar-refractivity contribution in [3.05, 3.63) is 94.8 Å². The molecule has 0 aromatic heterocycles. The molecule has 3 aromatic rings. The van der Waals surface area contributed by atoms with Crippen molar-refractivity contribution in [1.29, 1.82) is 0 Å². The van der Waals surface area contributed by atoms with E-state index >= 15 is 0 Å². The van der Waals surface area contributed by atoms with Crippen LogP contribution in [-0.2, 0) is 14.3 Å². The summed E-state index contributed by atoms with van der Waals surface area (Å²) >= 11 is 0. The molecule has 36 heavy (non-hydrogen) atoms. The minimum Gasteiger partial charge on any atom is -0.507 e. The van der Waals surface area contributed by atoms with Gasteiger partial charge < -0.3 is 19.3 Å². The molecule has 1 fully saturated rings. The highest BCUT2D eigenvalue weighted by Crippen LogP contribution is 2.44. The van der Waals surface area contributed by atoms with Gasteiger partial charge >= 0.3 is 5.97 Å². The van der Waals surface area contributed by atoms with Crippen molar-refractivity contribution >= 4 is 29.1 Å². The average Bonchev–Trinajstić information content (AvgIpc) is 3.18. The van der Waals surface area contributed by atoms with Gasteiger partial charge in [0.2, 0.25) is 0 Å². The van der Waals surface area contributed by atoms with Gasteiger partial charge in [-0.15, -0.1) is 0 Å². The molecule has 1 amide bonds. The Morgan fingerprint density at radius 3 is 2.31 bits per heavy atom. The van der Waals surface area contributed by atoms with Crippen LogP contribution in [0.4, 0.5) is 10.1 Å². The largest absolute Gasteiger partial charge is 0.507 e. The predicted octanol–water partition coefficient (Wildman–Crippen LogP) is 4.26. The Balaban J connectivity index is 1.95. The summed E-state index contributed by atoms with van der Waals surface area (Å²) in [6, 6.07) is 15.0. The van der Waals surface area contributed by atoms with Crippen molar-refractivity contribution < 1.29 is 38.1 Å². The number of carbonyl (C=O) groups excluding carboxylic acids is 3. The normalized spacial score (nSPS) is 16.7. The summed E-state index contributed by atoms with van der Waals surface area (Å²) in [7, 11) is 4.06. The van der Waals surface area contributed by atoms with E-state index in [2.05, 4.69) is 0 Å². The molecule has 9 heteroatoms. The molecular formula is C27H22FNO7. The first-order chi connectivity index (χ1) is 17.3. The molecule has 1 atom stereocenters. The summed E-state index contributed by atoms with van der Waals surface area (Å²) in [5, 5.41) is 11.3. The molecule has 1 saturated heterocycles. The first-order valence-electron chi connectivity index (χ1n) is 10.8. The smallest absolute Gasteiger partial charge is 0.337 e. The number of anilines is 1. The molecule has 3 aromatic carbocycles. The van der Waals surface area contributed by atoms with Gasteiger partial charge in [0.05, 0.1) is 44.1 Å². The third-order valence-electron chi connectivity index (χ3n) is 5.84. The molecule has 184 valence electrons. The van der Waals surface area contributed by atoms with Crippen LogP contribution in [0.2, 0.25) is 0 Å². The number of nitrogens with zero attached hydrogens (tertiary/aromatic N) is 1. The summed E-state index contributed by atoms with van der Waals surface area (Å²) in [4.78, 5) is 39.6. The Labute approximate surface area is 206 Å². The number of Topliss-reactive ketones (excluding diaryl/α,β-unsaturated/α-hetero) is 1. The fraction of sp³-hybridized carbons (Fsp3) is 0.148. The van der Waals surface area contributed by atoms with Crippen molar-refractivity contribution in [1.82, 2.24) is 0 Å². The van der Waals surface area contributed by atoms with Crippen LogP contribution < -0.4 is 14.4 Å². The number of esters is 1. The summed E-state index contributed by atoms with van der Waals surface area (Å²) in [6.07, 6.45) is 0. The molecule has 0 bridgehead atoms. The Morgan fingerprint density at radius 2 is 1.67 bits per heavy atom. The molecule has 8 nitrogen and oxygen atoms in total. The van der Waals surface area contributed by atoms with Gasteiger partial charge in [0.25, 0.3) is 11.7 Å². The van der Waals surface area contributed by atoms with Crippen molar-refractivity contribution in [2.75, 3.05) is 26.2 Å². The van der Waals surface area contributed by atoms with Gasteiger partial charge in [0, 0.05) is 5.69 Å². The number of carbonyl (C=O) groups is 3. The fourth-order valence-corrected chi connectivity index (χ4v) is 4.11. The Kier molecular flexibility index (Phi) is 6.73. The highest BCUT2D eigenvalue weighted by Gasteiger charge is 2.47. The molecule has 1 N–H and O–H groups in total. The van der Waals surface area contributed by atoms with Crippen LogP contribution in [0.3, 0.4) is 0 Å². The number of halogens is 1. The molecule has 1 unspecified atom stereocenters. The molecule has 0 aliphatic carbocycles. The maximum atomic E-state index is 14.1. The van der Waals surface area contributed by atoms with E-state index in [-0.39, 0.29) is 22.4 Å². The quantitative estimate of drug-likeness (QED) is 0.238. The number of hydrogen-bond donors (Lipinski definition) is 1. The second kappa shape index (κ2) is 9.91. The number of methoxy groups -OCH3 is 3. The minimum atomic E-state index is -1.09. The standard InChI is InChI=1S/C27H22FNO7/c1-34-19-6-4-5-16(13-19)23-22(24(30)20-14-17(28)9-12-21(20)35-2)25(31)26(32)29(23)18-10-7-15(8-11-18)27(33)36-3/h4-14,23,30H,1-3H3/b24-22+. The van der Waals surface area contributed by atoms with E-state index in [1.54, 1.807) is 24.3 Å². The van der Waals surface area contributed by atoms with Gasteiger partial charge in [-0.2, -0.15) is 0 Å². The number of aliphatic hydroxyl groups is 1. The number of ketones is 1. The Hall–Kier alpha value is -4.66. The number of rotatable bonds is 6. The maximum absolute atomic E-state index is 14.1. The molecule has 0 radical (unpaired) electrons. The van der Waals surface area contributed by atoms with E-state index in [4.69, 9.17) is 14.2 Å². The van der Waals surface area contributed by atoms with Crippen LogP contribution in [0.15, 0.2) is 72.3 Å². The van der Waals surface area contributed by atoms with Crippen LogP contribution in [0.1, 0.15) is 27.5 Å². The molecule has 1 heterocycles. The second-order valence-corrected chi connectivity index (χ2v) is 7.83. The lowest BCUT2D eigenvalue weighted by Gasteiger charge is -2.26. The van der Waals surface area contributed by atoms with E-state index in [0.29, 0.717) is 17.0 Å². The first-order valence-corrected chi connectivity index (χ1v) is 10.8. The number of aliphatic hydroxyl groups excluding tert-OH is 1. The maximum Gasteiger partial charge on any atom is 0.337 e. The highest BCUT2D eigenvalue weighted by molar-refractivity contribution is 6.51. The van der Waals surface area contributed by atoms with Crippen LogP contribution in [-0.4, -0.2) is 44.1 Å². The van der Waals surface area contributed by atoms with Crippen LogP contribution in [0.25, 0.3) is 5.76 Å². The van der Waals surface area contributed by atoms with Gasteiger partial charge in [-0.05, 0) is 60.2 Å². The topological polar surface area (TPSA) is 102 Å². The van der Waals surface area contributed by atoms with Crippen molar-refractivity contribution in [2.45, 2.75) is 6.04 Å². The summed E-state index contributed by atoms with van der Waals surface area (Å²) in [5.41, 5.74) is 0.671.